The maximum Gasteiger partial charge on any atom is 0.310 e. The van der Waals surface area contributed by atoms with E-state index in [4.69, 9.17) is 9.26 Å². The predicted molar refractivity (Wildman–Crippen MR) is 124 cm³/mol. The third kappa shape index (κ3) is 4.74. The summed E-state index contributed by atoms with van der Waals surface area (Å²) in [5.41, 5.74) is 3.45. The number of nitrogens with zero attached hydrogens (tertiary/aromatic N) is 3. The number of carbonyl (C=O) groups excluding carboxylic acids is 1. The number of benzene rings is 2. The van der Waals surface area contributed by atoms with E-state index in [1.54, 1.807) is 19.9 Å². The highest BCUT2D eigenvalue weighted by Gasteiger charge is 2.37. The number of hydrogen-bond acceptors (Lipinski definition) is 7. The summed E-state index contributed by atoms with van der Waals surface area (Å²) < 4.78 is 38.0. The first kappa shape index (κ1) is 23.7. The van der Waals surface area contributed by atoms with Crippen molar-refractivity contribution in [1.29, 1.82) is 5.26 Å². The average Bonchev–Trinajstić information content (AvgIpc) is 3.21. The molecule has 1 atom stereocenters. The number of ether oxygens (including phenoxy) is 1. The number of rotatable bonds is 6. The molecule has 0 radical (unpaired) electrons. The molecule has 8 nitrogen and oxygen atoms in total. The zero-order valence-corrected chi connectivity index (χ0v) is 19.8. The van der Waals surface area contributed by atoms with Crippen molar-refractivity contribution in [2.24, 2.45) is 5.92 Å². The van der Waals surface area contributed by atoms with Gasteiger partial charge in [0, 0.05) is 13.1 Å². The molecule has 0 saturated carbocycles. The van der Waals surface area contributed by atoms with Crippen LogP contribution < -0.4 is 0 Å². The molecule has 0 amide bonds. The average molecular weight is 480 g/mol. The first-order valence-corrected chi connectivity index (χ1v) is 12.4. The summed E-state index contributed by atoms with van der Waals surface area (Å²) in [4.78, 5) is 12.8. The maximum absolute atomic E-state index is 13.1. The molecule has 3 aromatic rings. The number of aromatic nitrogens is 1. The number of esters is 1. The smallest absolute Gasteiger partial charge is 0.310 e. The molecule has 1 aliphatic heterocycles. The van der Waals surface area contributed by atoms with Crippen LogP contribution in [0.1, 0.15) is 35.4 Å². The van der Waals surface area contributed by atoms with Crippen LogP contribution in [0.4, 0.5) is 0 Å². The van der Waals surface area contributed by atoms with Crippen LogP contribution in [0.5, 0.6) is 0 Å². The minimum absolute atomic E-state index is 0.0646. The lowest BCUT2D eigenvalue weighted by Gasteiger charge is -2.30. The molecule has 1 saturated heterocycles. The van der Waals surface area contributed by atoms with Crippen LogP contribution >= 0.6 is 0 Å². The largest absolute Gasteiger partial charge is 0.461 e. The standard InChI is InChI=1S/C25H25N3O5S/c1-17-24(18(2)33-27-17)34(30,31)28-13-5-7-22(15-28)25(29)32-16-19-9-11-20(12-10-19)23-8-4-3-6-21(23)14-26/h3-4,6,8-12,22H,5,7,13,15-16H2,1-2H3. The number of hydrogen-bond donors (Lipinski definition) is 0. The Hall–Kier alpha value is -3.48. The molecule has 9 heteroatoms. The molecule has 1 fully saturated rings. The Morgan fingerprint density at radius 2 is 1.94 bits per heavy atom. The molecule has 4 rings (SSSR count). The number of sulfonamides is 1. The van der Waals surface area contributed by atoms with Gasteiger partial charge in [0.2, 0.25) is 10.0 Å². The van der Waals surface area contributed by atoms with Crippen LogP contribution in [0, 0.1) is 31.1 Å². The van der Waals surface area contributed by atoms with Crippen molar-refractivity contribution in [1.82, 2.24) is 9.46 Å². The Morgan fingerprint density at radius 1 is 1.21 bits per heavy atom. The van der Waals surface area contributed by atoms with Crippen LogP contribution in [0.2, 0.25) is 0 Å². The zero-order valence-electron chi connectivity index (χ0n) is 19.0. The number of piperidine rings is 1. The fourth-order valence-electron chi connectivity index (χ4n) is 4.21. The van der Waals surface area contributed by atoms with Crippen molar-refractivity contribution in [3.05, 3.63) is 71.1 Å². The molecule has 0 bridgehead atoms. The van der Waals surface area contributed by atoms with Gasteiger partial charge >= 0.3 is 5.97 Å². The van der Waals surface area contributed by atoms with E-state index in [1.807, 2.05) is 42.5 Å². The van der Waals surface area contributed by atoms with Gasteiger partial charge in [0.25, 0.3) is 0 Å². The van der Waals surface area contributed by atoms with Gasteiger partial charge in [0.15, 0.2) is 5.76 Å². The Kier molecular flexibility index (Phi) is 6.82. The van der Waals surface area contributed by atoms with Gasteiger partial charge in [0.05, 0.1) is 17.6 Å². The lowest BCUT2D eigenvalue weighted by molar-refractivity contribution is -0.151. The number of nitriles is 1. The van der Waals surface area contributed by atoms with Crippen LogP contribution in [-0.4, -0.2) is 36.9 Å². The molecule has 1 aliphatic rings. The first-order valence-electron chi connectivity index (χ1n) is 11.0. The summed E-state index contributed by atoms with van der Waals surface area (Å²) in [6.07, 6.45) is 1.13. The molecule has 176 valence electrons. The molecular weight excluding hydrogens is 454 g/mol. The van der Waals surface area contributed by atoms with Gasteiger partial charge in [-0.15, -0.1) is 0 Å². The lowest BCUT2D eigenvalue weighted by atomic mass is 9.99. The second kappa shape index (κ2) is 9.79. The molecule has 0 aliphatic carbocycles. The van der Waals surface area contributed by atoms with E-state index < -0.39 is 21.9 Å². The van der Waals surface area contributed by atoms with Gasteiger partial charge in [-0.25, -0.2) is 8.42 Å². The molecule has 34 heavy (non-hydrogen) atoms. The highest BCUT2D eigenvalue weighted by molar-refractivity contribution is 7.89. The fraction of sp³-hybridized carbons (Fsp3) is 0.320. The second-order valence-electron chi connectivity index (χ2n) is 8.32. The van der Waals surface area contributed by atoms with Crippen molar-refractivity contribution in [3.8, 4) is 17.2 Å². The normalized spacial score (nSPS) is 16.7. The molecule has 2 aromatic carbocycles. The number of aryl methyl sites for hydroxylation is 2. The topological polar surface area (TPSA) is 114 Å². The highest BCUT2D eigenvalue weighted by atomic mass is 32.2. The summed E-state index contributed by atoms with van der Waals surface area (Å²) in [5, 5.41) is 13.0. The van der Waals surface area contributed by atoms with Gasteiger partial charge in [-0.05, 0) is 49.4 Å². The third-order valence-electron chi connectivity index (χ3n) is 5.98. The summed E-state index contributed by atoms with van der Waals surface area (Å²) in [6, 6.07) is 17.0. The van der Waals surface area contributed by atoms with Crippen LogP contribution in [0.25, 0.3) is 11.1 Å². The summed E-state index contributed by atoms with van der Waals surface area (Å²) in [7, 11) is -3.80. The molecule has 1 unspecified atom stereocenters. The van der Waals surface area contributed by atoms with E-state index in [1.165, 1.54) is 4.31 Å². The van der Waals surface area contributed by atoms with Crippen molar-refractivity contribution in [2.45, 2.75) is 38.2 Å². The SMILES string of the molecule is Cc1noc(C)c1S(=O)(=O)N1CCCC(C(=O)OCc2ccc(-c3ccccc3C#N)cc2)C1. The Morgan fingerprint density at radius 3 is 2.62 bits per heavy atom. The number of carbonyl (C=O) groups is 1. The van der Waals surface area contributed by atoms with Crippen LogP contribution in [0.3, 0.4) is 0 Å². The lowest BCUT2D eigenvalue weighted by Crippen LogP contribution is -2.43. The fourth-order valence-corrected chi connectivity index (χ4v) is 6.03. The van der Waals surface area contributed by atoms with Crippen LogP contribution in [-0.2, 0) is 26.2 Å². The van der Waals surface area contributed by atoms with E-state index in [2.05, 4.69) is 11.2 Å². The third-order valence-corrected chi connectivity index (χ3v) is 8.09. The monoisotopic (exact) mass is 479 g/mol. The van der Waals surface area contributed by atoms with Crippen molar-refractivity contribution >= 4 is 16.0 Å². The Balaban J connectivity index is 1.39. The van der Waals surface area contributed by atoms with Crippen molar-refractivity contribution in [2.75, 3.05) is 13.1 Å². The van der Waals surface area contributed by atoms with Crippen LogP contribution in [0.15, 0.2) is 57.9 Å². The minimum Gasteiger partial charge on any atom is -0.461 e. The molecule has 0 spiro atoms. The van der Waals surface area contributed by atoms with E-state index in [0.29, 0.717) is 30.6 Å². The minimum atomic E-state index is -3.80. The van der Waals surface area contributed by atoms with Crippen molar-refractivity contribution in [3.63, 3.8) is 0 Å². The molecular formula is C25H25N3O5S. The molecule has 2 heterocycles. The van der Waals surface area contributed by atoms with E-state index in [-0.39, 0.29) is 23.8 Å². The first-order chi connectivity index (χ1) is 16.3. The summed E-state index contributed by atoms with van der Waals surface area (Å²) >= 11 is 0. The van der Waals surface area contributed by atoms with E-state index in [9.17, 15) is 18.5 Å². The van der Waals surface area contributed by atoms with Gasteiger partial charge in [0.1, 0.15) is 17.2 Å². The summed E-state index contributed by atoms with van der Waals surface area (Å²) in [6.45, 7) is 3.64. The predicted octanol–water partition coefficient (Wildman–Crippen LogP) is 3.97. The molecule has 1 aromatic heterocycles. The van der Waals surface area contributed by atoms with E-state index >= 15 is 0 Å². The van der Waals surface area contributed by atoms with Gasteiger partial charge < -0.3 is 9.26 Å². The van der Waals surface area contributed by atoms with E-state index in [0.717, 1.165) is 16.7 Å². The Bertz CT molecular complexity index is 1320. The van der Waals surface area contributed by atoms with Gasteiger partial charge in [-0.3, -0.25) is 4.79 Å². The van der Waals surface area contributed by atoms with Crippen molar-refractivity contribution < 1.29 is 22.5 Å². The quantitative estimate of drug-likeness (QED) is 0.491. The zero-order chi connectivity index (χ0) is 24.3. The maximum atomic E-state index is 13.1. The van der Waals surface area contributed by atoms with Gasteiger partial charge in [-0.1, -0.05) is 47.6 Å². The highest BCUT2D eigenvalue weighted by Crippen LogP contribution is 2.28. The Labute approximate surface area is 198 Å². The van der Waals surface area contributed by atoms with Gasteiger partial charge in [-0.2, -0.15) is 9.57 Å². The molecule has 0 N–H and O–H groups in total. The second-order valence-corrected chi connectivity index (χ2v) is 10.2. The summed E-state index contributed by atoms with van der Waals surface area (Å²) in [5.74, 6) is -0.716.